The lowest BCUT2D eigenvalue weighted by Crippen LogP contribution is -2.46. The molecule has 0 radical (unpaired) electrons. The van der Waals surface area contributed by atoms with Gasteiger partial charge in [-0.15, -0.1) is 0 Å². The molecule has 0 N–H and O–H groups in total. The van der Waals surface area contributed by atoms with Crippen molar-refractivity contribution >= 4 is 0 Å². The van der Waals surface area contributed by atoms with Crippen LogP contribution in [0.4, 0.5) is 0 Å². The van der Waals surface area contributed by atoms with Gasteiger partial charge in [-0.3, -0.25) is 9.80 Å². The van der Waals surface area contributed by atoms with Crippen LogP contribution in [0.2, 0.25) is 0 Å². The summed E-state index contributed by atoms with van der Waals surface area (Å²) < 4.78 is 5.40. The molecule has 23 heavy (non-hydrogen) atoms. The summed E-state index contributed by atoms with van der Waals surface area (Å²) in [5.41, 5.74) is 1.20. The third-order valence-corrected chi connectivity index (χ3v) is 5.47. The van der Waals surface area contributed by atoms with Gasteiger partial charge in [0.05, 0.1) is 7.11 Å². The molecule has 2 aliphatic rings. The zero-order valence-corrected chi connectivity index (χ0v) is 14.9. The summed E-state index contributed by atoms with van der Waals surface area (Å²) in [6, 6.07) is 5.59. The first kappa shape index (κ1) is 16.7. The minimum Gasteiger partial charge on any atom is -0.481 e. The maximum absolute atomic E-state index is 5.40. The van der Waals surface area contributed by atoms with Gasteiger partial charge in [-0.05, 0) is 52.5 Å². The topological polar surface area (TPSA) is 31.8 Å². The van der Waals surface area contributed by atoms with E-state index < -0.39 is 0 Å². The normalized spacial score (nSPS) is 29.0. The van der Waals surface area contributed by atoms with Crippen LogP contribution in [0, 0.1) is 5.92 Å². The maximum atomic E-state index is 5.40. The van der Waals surface area contributed by atoms with Crippen molar-refractivity contribution in [2.45, 2.75) is 31.5 Å². The average molecular weight is 318 g/mol. The number of hydrogen-bond donors (Lipinski definition) is 0. The smallest absolute Gasteiger partial charge is 0.217 e. The van der Waals surface area contributed by atoms with Gasteiger partial charge in [0, 0.05) is 43.5 Å². The second kappa shape index (κ2) is 7.16. The number of nitrogens with zero attached hydrogens (tertiary/aromatic N) is 4. The molecule has 0 spiro atoms. The molecule has 1 aromatic heterocycles. The maximum Gasteiger partial charge on any atom is 0.217 e. The lowest BCUT2D eigenvalue weighted by molar-refractivity contribution is 0.108. The predicted octanol–water partition coefficient (Wildman–Crippen LogP) is 1.55. The summed E-state index contributed by atoms with van der Waals surface area (Å²) in [6.07, 6.45) is 4.39. The second-order valence-corrected chi connectivity index (χ2v) is 7.34. The number of fused-ring (bicyclic) bond motifs is 1. The van der Waals surface area contributed by atoms with E-state index in [1.165, 1.54) is 31.5 Å². The molecule has 2 saturated heterocycles. The number of methoxy groups -OCH3 is 1. The number of pyridine rings is 1. The van der Waals surface area contributed by atoms with Crippen molar-refractivity contribution in [3.63, 3.8) is 0 Å². The molecule has 2 fully saturated rings. The molecule has 3 rings (SSSR count). The van der Waals surface area contributed by atoms with Gasteiger partial charge in [-0.25, -0.2) is 4.98 Å². The molecule has 0 bridgehead atoms. The summed E-state index contributed by atoms with van der Waals surface area (Å²) in [5.74, 6) is 1.56. The summed E-state index contributed by atoms with van der Waals surface area (Å²) >= 11 is 0. The van der Waals surface area contributed by atoms with E-state index in [1.54, 1.807) is 13.3 Å². The van der Waals surface area contributed by atoms with Crippen LogP contribution in [0.3, 0.4) is 0 Å². The Balaban J connectivity index is 1.62. The zero-order valence-electron chi connectivity index (χ0n) is 14.9. The van der Waals surface area contributed by atoms with Crippen molar-refractivity contribution in [3.05, 3.63) is 23.9 Å². The molecule has 3 atom stereocenters. The van der Waals surface area contributed by atoms with Gasteiger partial charge in [0.25, 0.3) is 0 Å². The first-order chi connectivity index (χ1) is 11.1. The lowest BCUT2D eigenvalue weighted by atomic mass is 9.92. The second-order valence-electron chi connectivity index (χ2n) is 7.34. The van der Waals surface area contributed by atoms with E-state index in [0.29, 0.717) is 6.04 Å². The molecule has 3 heterocycles. The fourth-order valence-corrected chi connectivity index (χ4v) is 4.39. The molecule has 0 unspecified atom stereocenters. The van der Waals surface area contributed by atoms with Gasteiger partial charge in [-0.1, -0.05) is 6.07 Å². The van der Waals surface area contributed by atoms with Crippen LogP contribution in [-0.4, -0.2) is 79.7 Å². The Morgan fingerprint density at radius 1 is 1.39 bits per heavy atom. The number of likely N-dealkylation sites (N-methyl/N-ethyl adjacent to an activating group) is 2. The van der Waals surface area contributed by atoms with Crippen LogP contribution in [-0.2, 0) is 6.54 Å². The fourth-order valence-electron chi connectivity index (χ4n) is 4.39. The van der Waals surface area contributed by atoms with Crippen molar-refractivity contribution in [3.8, 4) is 5.88 Å². The molecule has 5 nitrogen and oxygen atoms in total. The predicted molar refractivity (Wildman–Crippen MR) is 92.7 cm³/mol. The van der Waals surface area contributed by atoms with Crippen molar-refractivity contribution < 1.29 is 4.74 Å². The van der Waals surface area contributed by atoms with E-state index in [-0.39, 0.29) is 0 Å². The van der Waals surface area contributed by atoms with Gasteiger partial charge < -0.3 is 9.64 Å². The van der Waals surface area contributed by atoms with Crippen LogP contribution in [0.5, 0.6) is 5.88 Å². The number of likely N-dealkylation sites (tertiary alicyclic amines) is 2. The quantitative estimate of drug-likeness (QED) is 0.822. The molecule has 2 aliphatic heterocycles. The minimum absolute atomic E-state index is 0.702. The van der Waals surface area contributed by atoms with E-state index in [0.717, 1.165) is 30.9 Å². The molecule has 0 aliphatic carbocycles. The number of piperidine rings is 1. The van der Waals surface area contributed by atoms with Gasteiger partial charge >= 0.3 is 0 Å². The molecule has 1 aromatic rings. The zero-order chi connectivity index (χ0) is 16.4. The average Bonchev–Trinajstić information content (AvgIpc) is 2.83. The molecular formula is C18H30N4O. The van der Waals surface area contributed by atoms with Gasteiger partial charge in [0.15, 0.2) is 0 Å². The molecule has 0 aromatic carbocycles. The largest absolute Gasteiger partial charge is 0.481 e. The van der Waals surface area contributed by atoms with Gasteiger partial charge in [-0.2, -0.15) is 0 Å². The summed E-state index contributed by atoms with van der Waals surface area (Å²) in [4.78, 5) is 11.8. The summed E-state index contributed by atoms with van der Waals surface area (Å²) in [6.45, 7) is 4.47. The number of rotatable bonds is 5. The van der Waals surface area contributed by atoms with E-state index >= 15 is 0 Å². The van der Waals surface area contributed by atoms with Crippen LogP contribution in [0.25, 0.3) is 0 Å². The summed E-state index contributed by atoms with van der Waals surface area (Å²) in [7, 11) is 8.38. The Kier molecular flexibility index (Phi) is 5.19. The Hall–Kier alpha value is -1.17. The van der Waals surface area contributed by atoms with Crippen LogP contribution < -0.4 is 4.74 Å². The van der Waals surface area contributed by atoms with Gasteiger partial charge in [0.1, 0.15) is 0 Å². The number of aromatic nitrogens is 1. The molecule has 0 saturated carbocycles. The van der Waals surface area contributed by atoms with E-state index in [9.17, 15) is 0 Å². The molecule has 5 heteroatoms. The highest BCUT2D eigenvalue weighted by molar-refractivity contribution is 5.25. The Morgan fingerprint density at radius 2 is 2.22 bits per heavy atom. The first-order valence-corrected chi connectivity index (χ1v) is 8.65. The lowest BCUT2D eigenvalue weighted by Gasteiger charge is -2.37. The molecular weight excluding hydrogens is 288 g/mol. The molecule has 0 amide bonds. The first-order valence-electron chi connectivity index (χ1n) is 8.65. The Morgan fingerprint density at radius 3 is 2.96 bits per heavy atom. The van der Waals surface area contributed by atoms with Crippen molar-refractivity contribution in [2.75, 3.05) is 47.9 Å². The monoisotopic (exact) mass is 318 g/mol. The Labute approximate surface area is 140 Å². The Bertz CT molecular complexity index is 521. The highest BCUT2D eigenvalue weighted by Gasteiger charge is 2.41. The standard InChI is InChI=1S/C18H30N4O/c1-20(2)13-16-10-15-12-22(9-7-17(15)21(16)3)11-14-6-5-8-19-18(14)23-4/h5-6,8,15-17H,7,9-13H2,1-4H3/t15-,16+,17+/m1/s1. The van der Waals surface area contributed by atoms with E-state index in [2.05, 4.69) is 46.9 Å². The third-order valence-electron chi connectivity index (χ3n) is 5.47. The van der Waals surface area contributed by atoms with E-state index in [4.69, 9.17) is 4.74 Å². The summed E-state index contributed by atoms with van der Waals surface area (Å²) in [5, 5.41) is 0. The van der Waals surface area contributed by atoms with Crippen molar-refractivity contribution in [1.29, 1.82) is 0 Å². The molecule has 128 valence electrons. The number of ether oxygens (including phenoxy) is 1. The highest BCUT2D eigenvalue weighted by atomic mass is 16.5. The van der Waals surface area contributed by atoms with E-state index in [1.807, 2.05) is 6.07 Å². The highest BCUT2D eigenvalue weighted by Crippen LogP contribution is 2.35. The minimum atomic E-state index is 0.702. The number of hydrogen-bond acceptors (Lipinski definition) is 5. The third kappa shape index (κ3) is 3.67. The fraction of sp³-hybridized carbons (Fsp3) is 0.722. The van der Waals surface area contributed by atoms with Crippen molar-refractivity contribution in [1.82, 2.24) is 19.7 Å². The SMILES string of the molecule is COc1ncccc1CN1CC[C@H]2[C@H](C[C@@H](CN(C)C)N2C)C1. The van der Waals surface area contributed by atoms with Crippen LogP contribution in [0.1, 0.15) is 18.4 Å². The van der Waals surface area contributed by atoms with Crippen LogP contribution in [0.15, 0.2) is 18.3 Å². The van der Waals surface area contributed by atoms with Gasteiger partial charge in [0.2, 0.25) is 5.88 Å². The van der Waals surface area contributed by atoms with Crippen LogP contribution >= 0.6 is 0 Å². The van der Waals surface area contributed by atoms with Crippen molar-refractivity contribution in [2.24, 2.45) is 5.92 Å².